The standard InChI is InChI=1S/C28H38ClN3O5S/c1-5-25(28(34)30-22-12-7-6-8-13-22)31(18-21-11-9-14-23(17-21)37-3)27(33)19-32(38(4,35)36)26-16-10-15-24(29)20(26)2/h9-11,14-17,22,25H,5-8,12-13,18-19H2,1-4H3,(H,30,34)/t25-/m1/s1. The van der Waals surface area contributed by atoms with E-state index in [0.717, 1.165) is 48.2 Å². The second kappa shape index (κ2) is 13.3. The summed E-state index contributed by atoms with van der Waals surface area (Å²) in [5.74, 6) is -0.0781. The molecular formula is C28H38ClN3O5S. The Morgan fingerprint density at radius 1 is 1.13 bits per heavy atom. The normalized spacial score (nSPS) is 15.0. The van der Waals surface area contributed by atoms with Gasteiger partial charge in [0.15, 0.2) is 0 Å². The van der Waals surface area contributed by atoms with Crippen LogP contribution in [0.5, 0.6) is 5.75 Å². The fourth-order valence-corrected chi connectivity index (χ4v) is 5.96. The molecule has 3 rings (SSSR count). The molecule has 0 saturated heterocycles. The minimum absolute atomic E-state index is 0.0840. The van der Waals surface area contributed by atoms with Gasteiger partial charge in [0, 0.05) is 17.6 Å². The highest BCUT2D eigenvalue weighted by Gasteiger charge is 2.33. The average molecular weight is 564 g/mol. The zero-order chi connectivity index (χ0) is 27.9. The van der Waals surface area contributed by atoms with Crippen LogP contribution in [-0.2, 0) is 26.2 Å². The SMILES string of the molecule is CC[C@H](C(=O)NC1CCCCC1)N(Cc1cccc(OC)c1)C(=O)CN(c1cccc(Cl)c1C)S(C)(=O)=O. The smallest absolute Gasteiger partial charge is 0.244 e. The van der Waals surface area contributed by atoms with E-state index in [2.05, 4.69) is 5.32 Å². The molecule has 0 unspecified atom stereocenters. The van der Waals surface area contributed by atoms with Crippen LogP contribution in [-0.4, -0.2) is 57.1 Å². The lowest BCUT2D eigenvalue weighted by Crippen LogP contribution is -2.54. The number of amides is 2. The van der Waals surface area contributed by atoms with Gasteiger partial charge in [-0.15, -0.1) is 0 Å². The van der Waals surface area contributed by atoms with Gasteiger partial charge in [-0.05, 0) is 61.6 Å². The van der Waals surface area contributed by atoms with Crippen LogP contribution < -0.4 is 14.4 Å². The van der Waals surface area contributed by atoms with Crippen molar-refractivity contribution in [3.8, 4) is 5.75 Å². The molecule has 0 radical (unpaired) electrons. The molecular weight excluding hydrogens is 526 g/mol. The van der Waals surface area contributed by atoms with Gasteiger partial charge in [0.05, 0.1) is 19.1 Å². The largest absolute Gasteiger partial charge is 0.497 e. The lowest BCUT2D eigenvalue weighted by atomic mass is 9.95. The van der Waals surface area contributed by atoms with Gasteiger partial charge >= 0.3 is 0 Å². The summed E-state index contributed by atoms with van der Waals surface area (Å²) in [6.07, 6.45) is 6.56. The number of sulfonamides is 1. The number of anilines is 1. The molecule has 1 saturated carbocycles. The molecule has 2 amide bonds. The summed E-state index contributed by atoms with van der Waals surface area (Å²) in [7, 11) is -2.28. The van der Waals surface area contributed by atoms with Crippen molar-refractivity contribution in [1.82, 2.24) is 10.2 Å². The van der Waals surface area contributed by atoms with Gasteiger partial charge in [-0.2, -0.15) is 0 Å². The third-order valence-corrected chi connectivity index (χ3v) is 8.55. The van der Waals surface area contributed by atoms with Gasteiger partial charge in [-0.1, -0.05) is 56.0 Å². The Labute approximate surface area is 231 Å². The van der Waals surface area contributed by atoms with Crippen LogP contribution in [0, 0.1) is 6.92 Å². The Hall–Kier alpha value is -2.78. The number of ether oxygens (including phenoxy) is 1. The van der Waals surface area contributed by atoms with Crippen molar-refractivity contribution in [1.29, 1.82) is 0 Å². The highest BCUT2D eigenvalue weighted by atomic mass is 35.5. The van der Waals surface area contributed by atoms with Gasteiger partial charge in [-0.3, -0.25) is 13.9 Å². The third kappa shape index (κ3) is 7.63. The Morgan fingerprint density at radius 3 is 2.45 bits per heavy atom. The molecule has 1 aliphatic rings. The minimum Gasteiger partial charge on any atom is -0.497 e. The molecule has 1 N–H and O–H groups in total. The molecule has 8 nitrogen and oxygen atoms in total. The van der Waals surface area contributed by atoms with E-state index in [1.807, 2.05) is 25.1 Å². The van der Waals surface area contributed by atoms with E-state index in [4.69, 9.17) is 16.3 Å². The van der Waals surface area contributed by atoms with Gasteiger partial charge in [0.2, 0.25) is 21.8 Å². The molecule has 2 aromatic carbocycles. The molecule has 0 bridgehead atoms. The Kier molecular flexibility index (Phi) is 10.4. The fourth-order valence-electron chi connectivity index (χ4n) is 4.89. The number of carbonyl (C=O) groups is 2. The maximum absolute atomic E-state index is 13.9. The second-order valence-corrected chi connectivity index (χ2v) is 12.1. The molecule has 1 aliphatic carbocycles. The van der Waals surface area contributed by atoms with E-state index < -0.39 is 28.5 Å². The molecule has 1 fully saturated rings. The monoisotopic (exact) mass is 563 g/mol. The van der Waals surface area contributed by atoms with E-state index in [0.29, 0.717) is 28.4 Å². The first-order valence-corrected chi connectivity index (χ1v) is 15.2. The first-order chi connectivity index (χ1) is 18.0. The number of halogens is 1. The maximum Gasteiger partial charge on any atom is 0.244 e. The van der Waals surface area contributed by atoms with Crippen molar-refractivity contribution >= 4 is 39.1 Å². The van der Waals surface area contributed by atoms with Gasteiger partial charge in [-0.25, -0.2) is 8.42 Å². The topological polar surface area (TPSA) is 96.0 Å². The lowest BCUT2D eigenvalue weighted by Gasteiger charge is -2.34. The summed E-state index contributed by atoms with van der Waals surface area (Å²) in [4.78, 5) is 28.9. The second-order valence-electron chi connectivity index (χ2n) is 9.79. The predicted molar refractivity (Wildman–Crippen MR) is 151 cm³/mol. The summed E-state index contributed by atoms with van der Waals surface area (Å²) in [6, 6.07) is 11.5. The quantitative estimate of drug-likeness (QED) is 0.428. The van der Waals surface area contributed by atoms with Crippen LogP contribution in [0.1, 0.15) is 56.6 Å². The van der Waals surface area contributed by atoms with Crippen LogP contribution in [0.25, 0.3) is 0 Å². The van der Waals surface area contributed by atoms with Crippen LogP contribution in [0.15, 0.2) is 42.5 Å². The van der Waals surface area contributed by atoms with Crippen molar-refractivity contribution in [3.63, 3.8) is 0 Å². The van der Waals surface area contributed by atoms with E-state index in [-0.39, 0.29) is 18.5 Å². The Bertz CT molecular complexity index is 1230. The molecule has 0 spiro atoms. The van der Waals surface area contributed by atoms with E-state index in [1.54, 1.807) is 38.3 Å². The number of nitrogens with zero attached hydrogens (tertiary/aromatic N) is 2. The summed E-state index contributed by atoms with van der Waals surface area (Å²) >= 11 is 6.27. The number of hydrogen-bond acceptors (Lipinski definition) is 5. The number of benzene rings is 2. The van der Waals surface area contributed by atoms with Crippen LogP contribution in [0.3, 0.4) is 0 Å². The van der Waals surface area contributed by atoms with Crippen molar-refractivity contribution < 1.29 is 22.7 Å². The van der Waals surface area contributed by atoms with Gasteiger partial charge < -0.3 is 15.0 Å². The van der Waals surface area contributed by atoms with Crippen molar-refractivity contribution in [2.24, 2.45) is 0 Å². The molecule has 0 heterocycles. The number of nitrogens with one attached hydrogen (secondary N) is 1. The fraction of sp³-hybridized carbons (Fsp3) is 0.500. The summed E-state index contributed by atoms with van der Waals surface area (Å²) < 4.78 is 32.1. The van der Waals surface area contributed by atoms with E-state index in [9.17, 15) is 18.0 Å². The predicted octanol–water partition coefficient (Wildman–Crippen LogP) is 4.68. The molecule has 38 heavy (non-hydrogen) atoms. The summed E-state index contributed by atoms with van der Waals surface area (Å²) in [5, 5.41) is 3.54. The molecule has 2 aromatic rings. The minimum atomic E-state index is -3.84. The van der Waals surface area contributed by atoms with Gasteiger partial charge in [0.1, 0.15) is 18.3 Å². The van der Waals surface area contributed by atoms with Crippen LogP contribution >= 0.6 is 11.6 Å². The van der Waals surface area contributed by atoms with Crippen molar-refractivity contribution in [2.75, 3.05) is 24.2 Å². The molecule has 0 aromatic heterocycles. The first-order valence-electron chi connectivity index (χ1n) is 13.0. The zero-order valence-electron chi connectivity index (χ0n) is 22.6. The number of carbonyl (C=O) groups excluding carboxylic acids is 2. The maximum atomic E-state index is 13.9. The van der Waals surface area contributed by atoms with E-state index >= 15 is 0 Å². The highest BCUT2D eigenvalue weighted by Crippen LogP contribution is 2.29. The summed E-state index contributed by atoms with van der Waals surface area (Å²) in [5.41, 5.74) is 1.65. The first kappa shape index (κ1) is 29.8. The highest BCUT2D eigenvalue weighted by molar-refractivity contribution is 7.92. The lowest BCUT2D eigenvalue weighted by molar-refractivity contribution is -0.140. The van der Waals surface area contributed by atoms with Crippen molar-refractivity contribution in [3.05, 3.63) is 58.6 Å². The average Bonchev–Trinajstić information content (AvgIpc) is 2.89. The third-order valence-electron chi connectivity index (χ3n) is 7.01. The number of methoxy groups -OCH3 is 1. The molecule has 208 valence electrons. The molecule has 1 atom stereocenters. The molecule has 0 aliphatic heterocycles. The number of rotatable bonds is 11. The van der Waals surface area contributed by atoms with Crippen LogP contribution in [0.4, 0.5) is 5.69 Å². The van der Waals surface area contributed by atoms with Crippen LogP contribution in [0.2, 0.25) is 5.02 Å². The van der Waals surface area contributed by atoms with Gasteiger partial charge in [0.25, 0.3) is 0 Å². The summed E-state index contributed by atoms with van der Waals surface area (Å²) in [6.45, 7) is 3.23. The van der Waals surface area contributed by atoms with E-state index in [1.165, 1.54) is 4.90 Å². The Balaban J connectivity index is 1.96. The zero-order valence-corrected chi connectivity index (χ0v) is 24.1. The molecule has 10 heteroatoms. The number of hydrogen-bond donors (Lipinski definition) is 1. The Morgan fingerprint density at radius 2 is 1.82 bits per heavy atom. The van der Waals surface area contributed by atoms with Crippen molar-refractivity contribution in [2.45, 2.75) is 71.0 Å².